The van der Waals surface area contributed by atoms with E-state index in [1.165, 1.54) is 12.1 Å². The zero-order valence-corrected chi connectivity index (χ0v) is 18.7. The van der Waals surface area contributed by atoms with Gasteiger partial charge >= 0.3 is 6.18 Å². The van der Waals surface area contributed by atoms with Crippen LogP contribution in [0.25, 0.3) is 10.9 Å². The molecule has 2 aromatic rings. The normalized spacial score (nSPS) is 24.9. The molecular weight excluding hydrogens is 455 g/mol. The minimum atomic E-state index is -4.54. The standard InChI is InChI=1S/C24H25ClF3N3O2/c25-14-1-6-19-18(7-14)20(8-21(31-19)24(26,27)28)29-15-2-4-16(5-3-15)30-22(33)13-9-23(10-13)11-17(32)12-23/h1,6-8,13,15-16H,2-5,9-12H2,(H,29,31)(H,30,33)/t15-,16+. The molecule has 0 aliphatic heterocycles. The number of carbonyl (C=O) groups excluding carboxylic acids is 2. The van der Waals surface area contributed by atoms with E-state index in [4.69, 9.17) is 11.6 Å². The molecule has 3 fully saturated rings. The number of halogens is 4. The van der Waals surface area contributed by atoms with Gasteiger partial charge in [0.15, 0.2) is 0 Å². The van der Waals surface area contributed by atoms with Crippen LogP contribution in [0.4, 0.5) is 18.9 Å². The van der Waals surface area contributed by atoms with Gasteiger partial charge in [0.1, 0.15) is 11.5 Å². The molecule has 1 amide bonds. The Hall–Kier alpha value is -2.35. The van der Waals surface area contributed by atoms with Gasteiger partial charge < -0.3 is 10.6 Å². The number of benzene rings is 1. The maximum Gasteiger partial charge on any atom is 0.433 e. The van der Waals surface area contributed by atoms with Gasteiger partial charge in [-0.25, -0.2) is 4.98 Å². The van der Waals surface area contributed by atoms with Crippen molar-refractivity contribution in [3.05, 3.63) is 35.0 Å². The van der Waals surface area contributed by atoms with Crippen molar-refractivity contribution in [3.63, 3.8) is 0 Å². The van der Waals surface area contributed by atoms with Crippen LogP contribution < -0.4 is 10.6 Å². The fraction of sp³-hybridized carbons (Fsp3) is 0.542. The maximum atomic E-state index is 13.3. The van der Waals surface area contributed by atoms with Crippen LogP contribution in [0.1, 0.15) is 57.1 Å². The number of carbonyl (C=O) groups is 2. The van der Waals surface area contributed by atoms with Crippen molar-refractivity contribution < 1.29 is 22.8 Å². The van der Waals surface area contributed by atoms with E-state index in [2.05, 4.69) is 15.6 Å². The zero-order valence-electron chi connectivity index (χ0n) is 18.0. The largest absolute Gasteiger partial charge is 0.433 e. The van der Waals surface area contributed by atoms with Gasteiger partial charge in [0, 0.05) is 46.9 Å². The summed E-state index contributed by atoms with van der Waals surface area (Å²) in [5, 5.41) is 7.40. The number of hydrogen-bond donors (Lipinski definition) is 2. The number of rotatable bonds is 4. The molecule has 9 heteroatoms. The lowest BCUT2D eigenvalue weighted by Crippen LogP contribution is -2.54. The van der Waals surface area contributed by atoms with Gasteiger partial charge in [0.25, 0.3) is 0 Å². The predicted octanol–water partition coefficient (Wildman–Crippen LogP) is 5.51. The molecule has 3 aliphatic rings. The summed E-state index contributed by atoms with van der Waals surface area (Å²) in [6.07, 6.45) is 1.31. The molecule has 1 aromatic heterocycles. The van der Waals surface area contributed by atoms with Crippen molar-refractivity contribution in [2.75, 3.05) is 5.32 Å². The molecule has 0 atom stereocenters. The van der Waals surface area contributed by atoms with E-state index in [0.717, 1.165) is 44.6 Å². The lowest BCUT2D eigenvalue weighted by atomic mass is 9.51. The number of alkyl halides is 3. The second-order valence-electron chi connectivity index (χ2n) is 9.91. The molecule has 1 spiro atoms. The first kappa shape index (κ1) is 22.4. The molecule has 0 radical (unpaired) electrons. The first-order valence-corrected chi connectivity index (χ1v) is 11.7. The summed E-state index contributed by atoms with van der Waals surface area (Å²) in [6, 6.07) is 5.76. The number of Topliss-reactive ketones (excluding diaryl/α,β-unsaturated/α-hetero) is 1. The monoisotopic (exact) mass is 479 g/mol. The molecule has 5 rings (SSSR count). The number of nitrogens with one attached hydrogen (secondary N) is 2. The number of nitrogens with zero attached hydrogens (tertiary/aromatic N) is 1. The summed E-state index contributed by atoms with van der Waals surface area (Å²) in [5.41, 5.74) is -0.222. The van der Waals surface area contributed by atoms with E-state index in [9.17, 15) is 22.8 Å². The van der Waals surface area contributed by atoms with Crippen molar-refractivity contribution in [1.29, 1.82) is 0 Å². The fourth-order valence-electron chi connectivity index (χ4n) is 5.63. The summed E-state index contributed by atoms with van der Waals surface area (Å²) in [4.78, 5) is 27.5. The van der Waals surface area contributed by atoms with E-state index in [-0.39, 0.29) is 34.8 Å². The lowest BCUT2D eigenvalue weighted by Gasteiger charge is -2.52. The van der Waals surface area contributed by atoms with E-state index >= 15 is 0 Å². The number of amides is 1. The van der Waals surface area contributed by atoms with Gasteiger partial charge in [-0.2, -0.15) is 13.2 Å². The van der Waals surface area contributed by atoms with E-state index in [1.807, 2.05) is 0 Å². The summed E-state index contributed by atoms with van der Waals surface area (Å²) >= 11 is 6.08. The quantitative estimate of drug-likeness (QED) is 0.607. The van der Waals surface area contributed by atoms with E-state index in [0.29, 0.717) is 34.7 Å². The van der Waals surface area contributed by atoms with E-state index < -0.39 is 11.9 Å². The zero-order chi connectivity index (χ0) is 23.4. The molecule has 33 heavy (non-hydrogen) atoms. The van der Waals surface area contributed by atoms with Crippen LogP contribution in [-0.4, -0.2) is 28.8 Å². The van der Waals surface area contributed by atoms with Crippen LogP contribution in [0.3, 0.4) is 0 Å². The van der Waals surface area contributed by atoms with Crippen LogP contribution >= 0.6 is 11.6 Å². The van der Waals surface area contributed by atoms with Crippen molar-refractivity contribution in [2.45, 2.75) is 69.6 Å². The lowest BCUT2D eigenvalue weighted by molar-refractivity contribution is -0.150. The summed E-state index contributed by atoms with van der Waals surface area (Å²) in [6.45, 7) is 0. The van der Waals surface area contributed by atoms with Crippen LogP contribution in [0.2, 0.25) is 5.02 Å². The Balaban J connectivity index is 1.19. The van der Waals surface area contributed by atoms with Gasteiger partial charge in [-0.15, -0.1) is 0 Å². The minimum absolute atomic E-state index is 0.00247. The van der Waals surface area contributed by atoms with Crippen LogP contribution in [0, 0.1) is 11.3 Å². The molecule has 176 valence electrons. The molecule has 1 aromatic carbocycles. The van der Waals surface area contributed by atoms with Crippen LogP contribution in [0.5, 0.6) is 0 Å². The highest BCUT2D eigenvalue weighted by Crippen LogP contribution is 2.57. The predicted molar refractivity (Wildman–Crippen MR) is 119 cm³/mol. The Morgan fingerprint density at radius 3 is 2.36 bits per heavy atom. The number of hydrogen-bond acceptors (Lipinski definition) is 4. The number of anilines is 1. The molecule has 1 heterocycles. The van der Waals surface area contributed by atoms with Crippen molar-refractivity contribution >= 4 is 39.9 Å². The highest BCUT2D eigenvalue weighted by Gasteiger charge is 2.54. The third-order valence-electron chi connectivity index (χ3n) is 7.37. The summed E-state index contributed by atoms with van der Waals surface area (Å²) < 4.78 is 40.0. The number of fused-ring (bicyclic) bond motifs is 1. The highest BCUT2D eigenvalue weighted by atomic mass is 35.5. The molecule has 0 unspecified atom stereocenters. The van der Waals surface area contributed by atoms with Gasteiger partial charge in [-0.1, -0.05) is 11.6 Å². The molecule has 0 saturated heterocycles. The van der Waals surface area contributed by atoms with Crippen molar-refractivity contribution in [2.24, 2.45) is 11.3 Å². The summed E-state index contributed by atoms with van der Waals surface area (Å²) in [5.74, 6) is 0.370. The third kappa shape index (κ3) is 4.54. The van der Waals surface area contributed by atoms with Gasteiger partial charge in [0.2, 0.25) is 5.91 Å². The SMILES string of the molecule is O=C1CC2(C1)CC(C(=O)N[C@H]1CC[C@@H](Nc3cc(C(F)(F)F)nc4ccc(Cl)cc34)CC1)C2. The first-order valence-electron chi connectivity index (χ1n) is 11.4. The molecule has 2 N–H and O–H groups in total. The summed E-state index contributed by atoms with van der Waals surface area (Å²) in [7, 11) is 0. The van der Waals surface area contributed by atoms with Crippen LogP contribution in [-0.2, 0) is 15.8 Å². The van der Waals surface area contributed by atoms with E-state index in [1.54, 1.807) is 6.07 Å². The fourth-order valence-corrected chi connectivity index (χ4v) is 5.80. The number of pyridine rings is 1. The smallest absolute Gasteiger partial charge is 0.382 e. The Labute approximate surface area is 194 Å². The Bertz CT molecular complexity index is 1100. The minimum Gasteiger partial charge on any atom is -0.382 e. The average molecular weight is 480 g/mol. The Morgan fingerprint density at radius 2 is 1.73 bits per heavy atom. The Kier molecular flexibility index (Phi) is 5.54. The molecule has 3 aliphatic carbocycles. The first-order chi connectivity index (χ1) is 15.6. The van der Waals surface area contributed by atoms with Gasteiger partial charge in [-0.05, 0) is 68.2 Å². The molecule has 5 nitrogen and oxygen atoms in total. The van der Waals surface area contributed by atoms with Crippen LogP contribution in [0.15, 0.2) is 24.3 Å². The number of ketones is 1. The third-order valence-corrected chi connectivity index (χ3v) is 7.60. The van der Waals surface area contributed by atoms with Gasteiger partial charge in [-0.3, -0.25) is 9.59 Å². The second-order valence-corrected chi connectivity index (χ2v) is 10.3. The van der Waals surface area contributed by atoms with Crippen molar-refractivity contribution in [1.82, 2.24) is 10.3 Å². The highest BCUT2D eigenvalue weighted by molar-refractivity contribution is 6.31. The second kappa shape index (κ2) is 8.15. The average Bonchev–Trinajstić information content (AvgIpc) is 2.70. The number of aromatic nitrogens is 1. The molecular formula is C24H25ClF3N3O2. The maximum absolute atomic E-state index is 13.3. The van der Waals surface area contributed by atoms with Gasteiger partial charge in [0.05, 0.1) is 5.52 Å². The molecule has 0 bridgehead atoms. The van der Waals surface area contributed by atoms with Crippen molar-refractivity contribution in [3.8, 4) is 0 Å². The Morgan fingerprint density at radius 1 is 1.06 bits per heavy atom. The topological polar surface area (TPSA) is 71.1 Å². The molecule has 3 saturated carbocycles.